The summed E-state index contributed by atoms with van der Waals surface area (Å²) in [6.45, 7) is 4.65. The van der Waals surface area contributed by atoms with E-state index in [1.807, 2.05) is 4.90 Å². The lowest BCUT2D eigenvalue weighted by Gasteiger charge is -2.20. The molecule has 0 radical (unpaired) electrons. The van der Waals surface area contributed by atoms with Crippen LogP contribution in [0, 0.1) is 16.0 Å². The molecule has 0 aliphatic carbocycles. The van der Waals surface area contributed by atoms with Gasteiger partial charge in [0.15, 0.2) is 0 Å². The van der Waals surface area contributed by atoms with E-state index in [9.17, 15) is 20.3 Å². The molecule has 1 aromatic carbocycles. The molecule has 0 spiro atoms. The summed E-state index contributed by atoms with van der Waals surface area (Å²) < 4.78 is 0. The van der Waals surface area contributed by atoms with Crippen LogP contribution in [0.4, 0.5) is 11.4 Å². The van der Waals surface area contributed by atoms with E-state index in [1.54, 1.807) is 26.0 Å². The van der Waals surface area contributed by atoms with Crippen LogP contribution in [0.1, 0.15) is 31.9 Å². The van der Waals surface area contributed by atoms with Crippen LogP contribution in [-0.4, -0.2) is 34.3 Å². The fraction of sp³-hybridized carbons (Fsp3) is 0.571. The average molecular weight is 280 g/mol. The molecule has 3 atom stereocenters. The van der Waals surface area contributed by atoms with E-state index in [4.69, 9.17) is 0 Å². The number of anilines is 1. The monoisotopic (exact) mass is 280 g/mol. The Morgan fingerprint density at radius 3 is 2.60 bits per heavy atom. The summed E-state index contributed by atoms with van der Waals surface area (Å²) in [6, 6.07) is 4.82. The van der Waals surface area contributed by atoms with E-state index in [0.717, 1.165) is 6.42 Å². The second-order valence-corrected chi connectivity index (χ2v) is 5.42. The van der Waals surface area contributed by atoms with Crippen LogP contribution in [0.25, 0.3) is 0 Å². The van der Waals surface area contributed by atoms with Gasteiger partial charge >= 0.3 is 0 Å². The van der Waals surface area contributed by atoms with Gasteiger partial charge in [-0.25, -0.2) is 0 Å². The second-order valence-electron chi connectivity index (χ2n) is 5.42. The first-order chi connectivity index (χ1) is 9.40. The highest BCUT2D eigenvalue weighted by Crippen LogP contribution is 2.34. The minimum absolute atomic E-state index is 0.00893. The fourth-order valence-electron chi connectivity index (χ4n) is 2.61. The molecule has 110 valence electrons. The molecule has 0 amide bonds. The summed E-state index contributed by atoms with van der Waals surface area (Å²) in [5.41, 5.74) is 1.10. The van der Waals surface area contributed by atoms with Gasteiger partial charge in [0, 0.05) is 25.1 Å². The molecule has 0 saturated carbocycles. The summed E-state index contributed by atoms with van der Waals surface area (Å²) in [7, 11) is 0. The minimum Gasteiger partial charge on any atom is -0.393 e. The third-order valence-corrected chi connectivity index (χ3v) is 3.93. The van der Waals surface area contributed by atoms with Crippen LogP contribution in [-0.2, 0) is 0 Å². The van der Waals surface area contributed by atoms with Crippen LogP contribution in [0.2, 0.25) is 0 Å². The number of nitrogens with zero attached hydrogens (tertiary/aromatic N) is 2. The standard InChI is InChI=1S/C14H20N2O4/c1-9(17)11-3-4-13(14(7-11)16(19)20)15-6-5-12(8-15)10(2)18/h3-4,7,9-10,12,17-18H,5-6,8H2,1-2H3/t9-,10?,12?/m0/s1. The molecule has 1 aromatic rings. The molecule has 1 aliphatic heterocycles. The van der Waals surface area contributed by atoms with Crippen molar-refractivity contribution in [1.29, 1.82) is 0 Å². The lowest BCUT2D eigenvalue weighted by atomic mass is 10.0. The van der Waals surface area contributed by atoms with Gasteiger partial charge in [-0.3, -0.25) is 10.1 Å². The van der Waals surface area contributed by atoms with Crippen LogP contribution in [0.5, 0.6) is 0 Å². The van der Waals surface area contributed by atoms with Crippen molar-refractivity contribution in [2.24, 2.45) is 5.92 Å². The maximum atomic E-state index is 11.2. The van der Waals surface area contributed by atoms with Gasteiger partial charge in [-0.15, -0.1) is 0 Å². The number of aliphatic hydroxyl groups excluding tert-OH is 2. The van der Waals surface area contributed by atoms with E-state index in [0.29, 0.717) is 24.3 Å². The predicted molar refractivity (Wildman–Crippen MR) is 75.7 cm³/mol. The number of hydrogen-bond donors (Lipinski definition) is 2. The third kappa shape index (κ3) is 2.91. The fourth-order valence-corrected chi connectivity index (χ4v) is 2.61. The van der Waals surface area contributed by atoms with Crippen molar-refractivity contribution in [3.63, 3.8) is 0 Å². The zero-order chi connectivity index (χ0) is 14.9. The Morgan fingerprint density at radius 1 is 1.40 bits per heavy atom. The number of nitro groups is 1. The number of hydrogen-bond acceptors (Lipinski definition) is 5. The zero-order valence-corrected chi connectivity index (χ0v) is 11.7. The number of nitro benzene ring substituents is 1. The number of benzene rings is 1. The lowest BCUT2D eigenvalue weighted by molar-refractivity contribution is -0.384. The SMILES string of the molecule is CC(O)C1CCN(c2ccc([C@H](C)O)cc2[N+](=O)[O-])C1. The molecule has 1 saturated heterocycles. The molecule has 6 nitrogen and oxygen atoms in total. The van der Waals surface area contributed by atoms with Gasteiger partial charge in [-0.05, 0) is 31.9 Å². The van der Waals surface area contributed by atoms with Crippen molar-refractivity contribution in [2.45, 2.75) is 32.5 Å². The van der Waals surface area contributed by atoms with Gasteiger partial charge in [0.05, 0.1) is 17.1 Å². The van der Waals surface area contributed by atoms with Crippen molar-refractivity contribution >= 4 is 11.4 Å². The van der Waals surface area contributed by atoms with Gasteiger partial charge in [0.1, 0.15) is 5.69 Å². The van der Waals surface area contributed by atoms with E-state index in [2.05, 4.69) is 0 Å². The molecule has 2 unspecified atom stereocenters. The van der Waals surface area contributed by atoms with Gasteiger partial charge < -0.3 is 15.1 Å². The Hall–Kier alpha value is -1.66. The lowest BCUT2D eigenvalue weighted by Crippen LogP contribution is -2.24. The van der Waals surface area contributed by atoms with Crippen molar-refractivity contribution in [1.82, 2.24) is 0 Å². The van der Waals surface area contributed by atoms with Crippen LogP contribution in [0.15, 0.2) is 18.2 Å². The largest absolute Gasteiger partial charge is 0.393 e. The van der Waals surface area contributed by atoms with Crippen LogP contribution < -0.4 is 4.90 Å². The molecule has 2 rings (SSSR count). The van der Waals surface area contributed by atoms with Crippen molar-refractivity contribution in [3.05, 3.63) is 33.9 Å². The maximum Gasteiger partial charge on any atom is 0.292 e. The Bertz CT molecular complexity index is 502. The zero-order valence-electron chi connectivity index (χ0n) is 11.7. The van der Waals surface area contributed by atoms with Gasteiger partial charge in [-0.2, -0.15) is 0 Å². The van der Waals surface area contributed by atoms with Crippen LogP contribution in [0.3, 0.4) is 0 Å². The molecule has 1 aliphatic rings. The summed E-state index contributed by atoms with van der Waals surface area (Å²) in [6.07, 6.45) is -0.310. The molecular formula is C14H20N2O4. The molecule has 2 N–H and O–H groups in total. The minimum atomic E-state index is -0.730. The Labute approximate surface area is 117 Å². The number of rotatable bonds is 4. The van der Waals surface area contributed by atoms with Gasteiger partial charge in [0.25, 0.3) is 5.69 Å². The highest BCUT2D eigenvalue weighted by Gasteiger charge is 2.30. The van der Waals surface area contributed by atoms with E-state index in [-0.39, 0.29) is 11.6 Å². The summed E-state index contributed by atoms with van der Waals surface area (Å²) in [4.78, 5) is 12.7. The highest BCUT2D eigenvalue weighted by molar-refractivity contribution is 5.65. The topological polar surface area (TPSA) is 86.8 Å². The summed E-state index contributed by atoms with van der Waals surface area (Å²) in [5, 5.41) is 30.4. The van der Waals surface area contributed by atoms with Crippen LogP contribution >= 0.6 is 0 Å². The molecule has 20 heavy (non-hydrogen) atoms. The van der Waals surface area contributed by atoms with Gasteiger partial charge in [0.2, 0.25) is 0 Å². The predicted octanol–water partition coefficient (Wildman–Crippen LogP) is 1.86. The summed E-state index contributed by atoms with van der Waals surface area (Å²) in [5.74, 6) is 0.144. The van der Waals surface area contributed by atoms with Gasteiger partial charge in [-0.1, -0.05) is 6.07 Å². The molecule has 0 bridgehead atoms. The van der Waals surface area contributed by atoms with Crippen molar-refractivity contribution in [3.8, 4) is 0 Å². The Morgan fingerprint density at radius 2 is 2.10 bits per heavy atom. The Kier molecular flexibility index (Phi) is 4.25. The first-order valence-electron chi connectivity index (χ1n) is 6.79. The molecule has 1 fully saturated rings. The molecule has 1 heterocycles. The van der Waals surface area contributed by atoms with Crippen molar-refractivity contribution in [2.75, 3.05) is 18.0 Å². The quantitative estimate of drug-likeness (QED) is 0.649. The summed E-state index contributed by atoms with van der Waals surface area (Å²) >= 11 is 0. The van der Waals surface area contributed by atoms with Crippen molar-refractivity contribution < 1.29 is 15.1 Å². The first kappa shape index (κ1) is 14.7. The molecule has 6 heteroatoms. The smallest absolute Gasteiger partial charge is 0.292 e. The molecular weight excluding hydrogens is 260 g/mol. The number of aliphatic hydroxyl groups is 2. The maximum absolute atomic E-state index is 11.2. The van der Waals surface area contributed by atoms with E-state index < -0.39 is 17.1 Å². The van der Waals surface area contributed by atoms with E-state index >= 15 is 0 Å². The first-order valence-corrected chi connectivity index (χ1v) is 6.79. The normalized spacial score (nSPS) is 21.8. The van der Waals surface area contributed by atoms with E-state index in [1.165, 1.54) is 6.07 Å². The highest BCUT2D eigenvalue weighted by atomic mass is 16.6. The third-order valence-electron chi connectivity index (χ3n) is 3.93. The molecule has 0 aromatic heterocycles. The second kappa shape index (κ2) is 5.76. The Balaban J connectivity index is 2.30. The average Bonchev–Trinajstić information content (AvgIpc) is 2.87.